The summed E-state index contributed by atoms with van der Waals surface area (Å²) in [6, 6.07) is 16.1. The van der Waals surface area contributed by atoms with E-state index in [2.05, 4.69) is 46.4 Å². The molecule has 0 aromatic heterocycles. The minimum absolute atomic E-state index is 0.696. The molecular formula is C16H15BrN2. The number of nitriles is 1. The fourth-order valence-corrected chi connectivity index (χ4v) is 2.33. The zero-order chi connectivity index (χ0) is 13.7. The van der Waals surface area contributed by atoms with E-state index in [-0.39, 0.29) is 0 Å². The molecular weight excluding hydrogens is 300 g/mol. The summed E-state index contributed by atoms with van der Waals surface area (Å²) in [5.41, 5.74) is 4.32. The number of halogens is 1. The van der Waals surface area contributed by atoms with Crippen molar-refractivity contribution in [3.8, 4) is 6.07 Å². The molecule has 0 atom stereocenters. The van der Waals surface area contributed by atoms with Crippen LogP contribution in [0.4, 0.5) is 5.69 Å². The maximum Gasteiger partial charge on any atom is 0.0991 e. The number of nitrogens with zero attached hydrogens (tertiary/aromatic N) is 1. The van der Waals surface area contributed by atoms with Crippen LogP contribution in [-0.4, -0.2) is 0 Å². The molecule has 2 nitrogen and oxygen atoms in total. The molecule has 0 saturated carbocycles. The van der Waals surface area contributed by atoms with Crippen LogP contribution in [0.2, 0.25) is 0 Å². The first kappa shape index (κ1) is 13.6. The first-order chi connectivity index (χ1) is 9.22. The third-order valence-corrected chi connectivity index (χ3v) is 3.51. The zero-order valence-corrected chi connectivity index (χ0v) is 12.4. The standard InChI is InChI=1S/C16H15BrN2/c1-2-14-9-15(17)7-8-16(14)19-11-13-5-3-12(10-18)4-6-13/h3-9,19H,2,11H2,1H3. The molecule has 0 saturated heterocycles. The summed E-state index contributed by atoms with van der Waals surface area (Å²) in [5, 5.41) is 12.2. The molecule has 2 aromatic carbocycles. The smallest absolute Gasteiger partial charge is 0.0991 e. The first-order valence-electron chi connectivity index (χ1n) is 6.24. The Morgan fingerprint density at radius 2 is 1.89 bits per heavy atom. The van der Waals surface area contributed by atoms with Gasteiger partial charge in [0.1, 0.15) is 0 Å². The second-order valence-electron chi connectivity index (χ2n) is 4.32. The molecule has 0 fully saturated rings. The molecule has 0 spiro atoms. The minimum atomic E-state index is 0.696. The number of nitrogens with one attached hydrogen (secondary N) is 1. The topological polar surface area (TPSA) is 35.8 Å². The van der Waals surface area contributed by atoms with Crippen molar-refractivity contribution in [2.75, 3.05) is 5.32 Å². The Kier molecular flexibility index (Phi) is 4.59. The zero-order valence-electron chi connectivity index (χ0n) is 10.8. The van der Waals surface area contributed by atoms with Crippen molar-refractivity contribution in [2.45, 2.75) is 19.9 Å². The highest BCUT2D eigenvalue weighted by Gasteiger charge is 2.01. The molecule has 3 heteroatoms. The summed E-state index contributed by atoms with van der Waals surface area (Å²) in [6.45, 7) is 2.91. The van der Waals surface area contributed by atoms with E-state index in [0.717, 1.165) is 23.1 Å². The molecule has 0 aliphatic carbocycles. The van der Waals surface area contributed by atoms with Gasteiger partial charge in [0.25, 0.3) is 0 Å². The van der Waals surface area contributed by atoms with Crippen LogP contribution < -0.4 is 5.32 Å². The second kappa shape index (κ2) is 6.40. The molecule has 2 aromatic rings. The lowest BCUT2D eigenvalue weighted by Gasteiger charge is -2.11. The first-order valence-corrected chi connectivity index (χ1v) is 7.03. The van der Waals surface area contributed by atoms with E-state index in [1.54, 1.807) is 0 Å². The van der Waals surface area contributed by atoms with Crippen LogP contribution in [0.1, 0.15) is 23.6 Å². The molecule has 1 N–H and O–H groups in total. The van der Waals surface area contributed by atoms with E-state index in [4.69, 9.17) is 5.26 Å². The van der Waals surface area contributed by atoms with Crippen LogP contribution in [0.15, 0.2) is 46.9 Å². The number of benzene rings is 2. The molecule has 96 valence electrons. The highest BCUT2D eigenvalue weighted by atomic mass is 79.9. The molecule has 0 unspecified atom stereocenters. The van der Waals surface area contributed by atoms with Crippen LogP contribution in [0.5, 0.6) is 0 Å². The van der Waals surface area contributed by atoms with E-state index >= 15 is 0 Å². The van der Waals surface area contributed by atoms with Crippen LogP contribution in [0.3, 0.4) is 0 Å². The largest absolute Gasteiger partial charge is 0.381 e. The van der Waals surface area contributed by atoms with Gasteiger partial charge in [0.2, 0.25) is 0 Å². The Morgan fingerprint density at radius 1 is 1.16 bits per heavy atom. The number of rotatable bonds is 4. The van der Waals surface area contributed by atoms with Gasteiger partial charge < -0.3 is 5.32 Å². The average molecular weight is 315 g/mol. The maximum atomic E-state index is 8.76. The summed E-state index contributed by atoms with van der Waals surface area (Å²) >= 11 is 3.49. The Labute approximate surface area is 122 Å². The molecule has 0 amide bonds. The number of aryl methyl sites for hydroxylation is 1. The Morgan fingerprint density at radius 3 is 2.53 bits per heavy atom. The van der Waals surface area contributed by atoms with E-state index in [0.29, 0.717) is 5.56 Å². The number of anilines is 1. The molecule has 0 bridgehead atoms. The summed E-state index contributed by atoms with van der Waals surface area (Å²) in [5.74, 6) is 0. The lowest BCUT2D eigenvalue weighted by molar-refractivity contribution is 1.09. The van der Waals surface area contributed by atoms with Crippen LogP contribution in [0.25, 0.3) is 0 Å². The summed E-state index contributed by atoms with van der Waals surface area (Å²) < 4.78 is 1.10. The maximum absolute atomic E-state index is 8.76. The van der Waals surface area contributed by atoms with E-state index in [1.807, 2.05) is 30.3 Å². The SMILES string of the molecule is CCc1cc(Br)ccc1NCc1ccc(C#N)cc1. The van der Waals surface area contributed by atoms with Crippen LogP contribution >= 0.6 is 15.9 Å². The lowest BCUT2D eigenvalue weighted by Crippen LogP contribution is -2.02. The Hall–Kier alpha value is -1.79. The Balaban J connectivity index is 2.07. The fraction of sp³-hybridized carbons (Fsp3) is 0.188. The minimum Gasteiger partial charge on any atom is -0.381 e. The predicted molar refractivity (Wildman–Crippen MR) is 82.0 cm³/mol. The number of hydrogen-bond donors (Lipinski definition) is 1. The molecule has 0 aliphatic heterocycles. The van der Waals surface area contributed by atoms with E-state index in [1.165, 1.54) is 11.1 Å². The van der Waals surface area contributed by atoms with Crippen molar-refractivity contribution in [3.05, 3.63) is 63.6 Å². The van der Waals surface area contributed by atoms with Crippen LogP contribution in [0, 0.1) is 11.3 Å². The summed E-state index contributed by atoms with van der Waals surface area (Å²) in [7, 11) is 0. The fourth-order valence-electron chi connectivity index (χ4n) is 1.92. The van der Waals surface area contributed by atoms with E-state index in [9.17, 15) is 0 Å². The van der Waals surface area contributed by atoms with Crippen LogP contribution in [-0.2, 0) is 13.0 Å². The van der Waals surface area contributed by atoms with Gasteiger partial charge in [0, 0.05) is 16.7 Å². The van der Waals surface area contributed by atoms with Crippen molar-refractivity contribution in [1.29, 1.82) is 5.26 Å². The third-order valence-electron chi connectivity index (χ3n) is 3.01. The average Bonchev–Trinajstić information content (AvgIpc) is 2.46. The molecule has 0 aliphatic rings. The van der Waals surface area contributed by atoms with Crippen molar-refractivity contribution < 1.29 is 0 Å². The lowest BCUT2D eigenvalue weighted by atomic mass is 10.1. The van der Waals surface area contributed by atoms with Gasteiger partial charge in [-0.25, -0.2) is 0 Å². The molecule has 0 heterocycles. The highest BCUT2D eigenvalue weighted by Crippen LogP contribution is 2.22. The molecule has 19 heavy (non-hydrogen) atoms. The van der Waals surface area contributed by atoms with Gasteiger partial charge in [-0.3, -0.25) is 0 Å². The van der Waals surface area contributed by atoms with Crippen molar-refractivity contribution in [1.82, 2.24) is 0 Å². The normalized spacial score (nSPS) is 9.95. The van der Waals surface area contributed by atoms with Gasteiger partial charge >= 0.3 is 0 Å². The third kappa shape index (κ3) is 3.59. The van der Waals surface area contributed by atoms with Gasteiger partial charge in [-0.15, -0.1) is 0 Å². The van der Waals surface area contributed by atoms with Crippen molar-refractivity contribution in [2.24, 2.45) is 0 Å². The summed E-state index contributed by atoms with van der Waals surface area (Å²) in [4.78, 5) is 0. The summed E-state index contributed by atoms with van der Waals surface area (Å²) in [6.07, 6.45) is 0.995. The highest BCUT2D eigenvalue weighted by molar-refractivity contribution is 9.10. The number of hydrogen-bond acceptors (Lipinski definition) is 2. The van der Waals surface area contributed by atoms with Gasteiger partial charge in [-0.05, 0) is 47.9 Å². The van der Waals surface area contributed by atoms with Crippen molar-refractivity contribution in [3.63, 3.8) is 0 Å². The Bertz CT molecular complexity index is 597. The molecule has 0 radical (unpaired) electrons. The quantitative estimate of drug-likeness (QED) is 0.902. The van der Waals surface area contributed by atoms with Gasteiger partial charge in [-0.1, -0.05) is 35.0 Å². The van der Waals surface area contributed by atoms with E-state index < -0.39 is 0 Å². The molecule has 2 rings (SSSR count). The van der Waals surface area contributed by atoms with Gasteiger partial charge in [0.05, 0.1) is 11.6 Å². The predicted octanol–water partition coefficient (Wildman–Crippen LogP) is 4.50. The second-order valence-corrected chi connectivity index (χ2v) is 5.23. The van der Waals surface area contributed by atoms with Gasteiger partial charge in [-0.2, -0.15) is 5.26 Å². The van der Waals surface area contributed by atoms with Crippen molar-refractivity contribution >= 4 is 21.6 Å². The monoisotopic (exact) mass is 314 g/mol. The van der Waals surface area contributed by atoms with Gasteiger partial charge in [0.15, 0.2) is 0 Å².